The molecule has 1 N–H and O–H groups in total. The highest BCUT2D eigenvalue weighted by Gasteiger charge is 2.17. The molecular formula is C13H16N2O5S. The monoisotopic (exact) mass is 312 g/mol. The van der Waals surface area contributed by atoms with Gasteiger partial charge in [-0.3, -0.25) is 0 Å². The zero-order valence-electron chi connectivity index (χ0n) is 11.9. The van der Waals surface area contributed by atoms with Gasteiger partial charge in [-0.1, -0.05) is 5.16 Å². The maximum Gasteiger partial charge on any atom is 0.241 e. The highest BCUT2D eigenvalue weighted by Crippen LogP contribution is 2.29. The minimum Gasteiger partial charge on any atom is -0.493 e. The predicted octanol–water partition coefficient (Wildman–Crippen LogP) is 1.48. The Bertz CT molecular complexity index is 724. The Kier molecular flexibility index (Phi) is 4.49. The Morgan fingerprint density at radius 3 is 2.48 bits per heavy atom. The maximum absolute atomic E-state index is 12.2. The third kappa shape index (κ3) is 3.53. The summed E-state index contributed by atoms with van der Waals surface area (Å²) in [5.74, 6) is 1.43. The fourth-order valence-corrected chi connectivity index (χ4v) is 2.75. The smallest absolute Gasteiger partial charge is 0.241 e. The van der Waals surface area contributed by atoms with Crippen molar-refractivity contribution in [1.82, 2.24) is 9.88 Å². The second-order valence-electron chi connectivity index (χ2n) is 4.27. The van der Waals surface area contributed by atoms with Crippen LogP contribution in [0.15, 0.2) is 33.7 Å². The first-order chi connectivity index (χ1) is 9.96. The number of aromatic nitrogens is 1. The number of sulfonamides is 1. The van der Waals surface area contributed by atoms with E-state index in [1.165, 1.54) is 32.4 Å². The topological polar surface area (TPSA) is 90.7 Å². The van der Waals surface area contributed by atoms with Crippen molar-refractivity contribution in [2.24, 2.45) is 0 Å². The van der Waals surface area contributed by atoms with Crippen molar-refractivity contribution in [2.75, 3.05) is 14.2 Å². The van der Waals surface area contributed by atoms with Gasteiger partial charge in [0.2, 0.25) is 10.0 Å². The molecule has 0 aliphatic heterocycles. The summed E-state index contributed by atoms with van der Waals surface area (Å²) < 4.78 is 41.9. The largest absolute Gasteiger partial charge is 0.493 e. The summed E-state index contributed by atoms with van der Waals surface area (Å²) >= 11 is 0. The van der Waals surface area contributed by atoms with Crippen LogP contribution in [0.5, 0.6) is 11.5 Å². The van der Waals surface area contributed by atoms with Crippen LogP contribution in [0.4, 0.5) is 0 Å². The molecule has 0 bridgehead atoms. The van der Waals surface area contributed by atoms with Crippen LogP contribution in [0.3, 0.4) is 0 Å². The van der Waals surface area contributed by atoms with Gasteiger partial charge in [-0.2, -0.15) is 0 Å². The van der Waals surface area contributed by atoms with Gasteiger partial charge < -0.3 is 14.0 Å². The van der Waals surface area contributed by atoms with Gasteiger partial charge in [-0.25, -0.2) is 13.1 Å². The Balaban J connectivity index is 2.19. The molecular weight excluding hydrogens is 296 g/mol. The first-order valence-electron chi connectivity index (χ1n) is 6.10. The second-order valence-corrected chi connectivity index (χ2v) is 6.04. The quantitative estimate of drug-likeness (QED) is 0.869. The zero-order chi connectivity index (χ0) is 15.5. The van der Waals surface area contributed by atoms with Crippen molar-refractivity contribution >= 4 is 10.0 Å². The lowest BCUT2D eigenvalue weighted by Crippen LogP contribution is -2.23. The van der Waals surface area contributed by atoms with E-state index in [9.17, 15) is 8.42 Å². The van der Waals surface area contributed by atoms with E-state index >= 15 is 0 Å². The minimum absolute atomic E-state index is 0.0496. The van der Waals surface area contributed by atoms with E-state index in [0.717, 1.165) is 0 Å². The number of hydrogen-bond donors (Lipinski definition) is 1. The van der Waals surface area contributed by atoms with Crippen molar-refractivity contribution in [3.8, 4) is 11.5 Å². The number of nitrogens with one attached hydrogen (secondary N) is 1. The molecule has 0 radical (unpaired) electrons. The molecule has 0 aliphatic carbocycles. The fourth-order valence-electron chi connectivity index (χ4n) is 1.74. The van der Waals surface area contributed by atoms with Crippen LogP contribution in [0, 0.1) is 6.92 Å². The van der Waals surface area contributed by atoms with E-state index in [1.54, 1.807) is 13.0 Å². The Morgan fingerprint density at radius 2 is 1.90 bits per heavy atom. The number of rotatable bonds is 6. The van der Waals surface area contributed by atoms with Crippen LogP contribution < -0.4 is 14.2 Å². The molecule has 0 saturated carbocycles. The Morgan fingerprint density at radius 1 is 1.19 bits per heavy atom. The number of ether oxygens (including phenoxy) is 2. The third-order valence-electron chi connectivity index (χ3n) is 2.79. The van der Waals surface area contributed by atoms with Crippen molar-refractivity contribution in [1.29, 1.82) is 0 Å². The highest BCUT2D eigenvalue weighted by atomic mass is 32.2. The molecule has 0 spiro atoms. The van der Waals surface area contributed by atoms with Gasteiger partial charge in [0.15, 0.2) is 11.5 Å². The number of methoxy groups -OCH3 is 2. The maximum atomic E-state index is 12.2. The van der Waals surface area contributed by atoms with Gasteiger partial charge in [0.1, 0.15) is 5.76 Å². The molecule has 21 heavy (non-hydrogen) atoms. The first kappa shape index (κ1) is 15.3. The summed E-state index contributed by atoms with van der Waals surface area (Å²) in [4.78, 5) is 0.0837. The van der Waals surface area contributed by atoms with Crippen molar-refractivity contribution < 1.29 is 22.4 Å². The van der Waals surface area contributed by atoms with E-state index in [0.29, 0.717) is 23.0 Å². The number of aryl methyl sites for hydroxylation is 1. The van der Waals surface area contributed by atoms with Gasteiger partial charge in [-0.15, -0.1) is 0 Å². The standard InChI is InChI=1S/C13H16N2O5S/c1-9-6-10(15-20-9)8-14-21(16,17)11-4-5-12(18-2)13(7-11)19-3/h4-7,14H,8H2,1-3H3. The third-order valence-corrected chi connectivity index (χ3v) is 4.18. The molecule has 0 saturated heterocycles. The summed E-state index contributed by atoms with van der Waals surface area (Å²) in [5.41, 5.74) is 0.511. The van der Waals surface area contributed by atoms with Crippen LogP contribution >= 0.6 is 0 Å². The molecule has 0 atom stereocenters. The molecule has 0 fully saturated rings. The predicted molar refractivity (Wildman–Crippen MR) is 74.8 cm³/mol. The van der Waals surface area contributed by atoms with E-state index in [-0.39, 0.29) is 11.4 Å². The molecule has 114 valence electrons. The SMILES string of the molecule is COc1ccc(S(=O)(=O)NCc2cc(C)on2)cc1OC. The molecule has 0 aliphatic rings. The van der Waals surface area contributed by atoms with Gasteiger partial charge in [0, 0.05) is 12.1 Å². The Hall–Kier alpha value is -2.06. The van der Waals surface area contributed by atoms with Gasteiger partial charge in [0.25, 0.3) is 0 Å². The van der Waals surface area contributed by atoms with Crippen LogP contribution in [-0.4, -0.2) is 27.8 Å². The summed E-state index contributed by atoms with van der Waals surface area (Å²) in [6.45, 7) is 1.79. The average Bonchev–Trinajstić information content (AvgIpc) is 2.90. The number of benzene rings is 1. The molecule has 2 aromatic rings. The molecule has 1 aromatic heterocycles. The molecule has 0 amide bonds. The fraction of sp³-hybridized carbons (Fsp3) is 0.308. The summed E-state index contributed by atoms with van der Waals surface area (Å²) in [6.07, 6.45) is 0. The number of nitrogens with zero attached hydrogens (tertiary/aromatic N) is 1. The Labute approximate surface area is 122 Å². The first-order valence-corrected chi connectivity index (χ1v) is 7.58. The lowest BCUT2D eigenvalue weighted by Gasteiger charge is -2.10. The molecule has 1 aromatic carbocycles. The van der Waals surface area contributed by atoms with Crippen LogP contribution in [-0.2, 0) is 16.6 Å². The van der Waals surface area contributed by atoms with Crippen LogP contribution in [0.2, 0.25) is 0 Å². The summed E-state index contributed by atoms with van der Waals surface area (Å²) in [5, 5.41) is 3.73. The molecule has 7 nitrogen and oxygen atoms in total. The zero-order valence-corrected chi connectivity index (χ0v) is 12.7. The lowest BCUT2D eigenvalue weighted by atomic mass is 10.3. The van der Waals surface area contributed by atoms with Crippen molar-refractivity contribution in [3.63, 3.8) is 0 Å². The van der Waals surface area contributed by atoms with E-state index in [1.807, 2.05) is 0 Å². The minimum atomic E-state index is -3.67. The van der Waals surface area contributed by atoms with Crippen molar-refractivity contribution in [2.45, 2.75) is 18.4 Å². The van der Waals surface area contributed by atoms with Gasteiger partial charge in [-0.05, 0) is 19.1 Å². The van der Waals surface area contributed by atoms with Crippen molar-refractivity contribution in [3.05, 3.63) is 35.7 Å². The van der Waals surface area contributed by atoms with Crippen LogP contribution in [0.25, 0.3) is 0 Å². The normalized spacial score (nSPS) is 11.4. The lowest BCUT2D eigenvalue weighted by molar-refractivity contribution is 0.354. The van der Waals surface area contributed by atoms with E-state index in [2.05, 4.69) is 9.88 Å². The van der Waals surface area contributed by atoms with E-state index < -0.39 is 10.0 Å². The molecule has 0 unspecified atom stereocenters. The summed E-state index contributed by atoms with van der Waals surface area (Å²) in [6, 6.07) is 6.04. The van der Waals surface area contributed by atoms with Gasteiger partial charge in [0.05, 0.1) is 31.4 Å². The highest BCUT2D eigenvalue weighted by molar-refractivity contribution is 7.89. The average molecular weight is 312 g/mol. The van der Waals surface area contributed by atoms with E-state index in [4.69, 9.17) is 14.0 Å². The molecule has 2 rings (SSSR count). The molecule has 8 heteroatoms. The second kappa shape index (κ2) is 6.15. The van der Waals surface area contributed by atoms with Gasteiger partial charge >= 0.3 is 0 Å². The number of hydrogen-bond acceptors (Lipinski definition) is 6. The molecule has 1 heterocycles. The summed E-state index contributed by atoms with van der Waals surface area (Å²) in [7, 11) is -0.746. The van der Waals surface area contributed by atoms with Crippen LogP contribution in [0.1, 0.15) is 11.5 Å².